The highest BCUT2D eigenvalue weighted by Crippen LogP contribution is 2.43. The second-order valence-corrected chi connectivity index (χ2v) is 12.1. The minimum absolute atomic E-state index is 0.200. The van der Waals surface area contributed by atoms with E-state index in [1.54, 1.807) is 6.33 Å². The summed E-state index contributed by atoms with van der Waals surface area (Å²) in [4.78, 5) is 44.0. The minimum atomic E-state index is -0.873. The van der Waals surface area contributed by atoms with E-state index in [1.165, 1.54) is 7.11 Å². The first-order valence-corrected chi connectivity index (χ1v) is 15.4. The number of ether oxygens (including phenoxy) is 2. The highest BCUT2D eigenvalue weighted by Gasteiger charge is 2.39. The molecule has 2 aromatic heterocycles. The Morgan fingerprint density at radius 1 is 1.04 bits per heavy atom. The number of likely N-dealkylation sites (tertiary alicyclic amines) is 1. The van der Waals surface area contributed by atoms with E-state index in [0.29, 0.717) is 24.5 Å². The van der Waals surface area contributed by atoms with Gasteiger partial charge in [-0.15, -0.1) is 0 Å². The number of alkyl carbamates (subject to hydrolysis) is 1. The fourth-order valence-corrected chi connectivity index (χ4v) is 6.86. The number of hydrogen-bond acceptors (Lipinski definition) is 6. The van der Waals surface area contributed by atoms with E-state index in [9.17, 15) is 9.59 Å². The Bertz CT molecular complexity index is 2120. The number of methoxy groups -OCH3 is 1. The molecule has 0 spiro atoms. The van der Waals surface area contributed by atoms with Crippen molar-refractivity contribution in [2.24, 2.45) is 5.92 Å². The number of fused-ring (bicyclic) bond motifs is 6. The normalized spacial score (nSPS) is 17.7. The zero-order valence-corrected chi connectivity index (χ0v) is 25.4. The highest BCUT2D eigenvalue weighted by atomic mass is 16.5. The van der Waals surface area contributed by atoms with E-state index in [1.807, 2.05) is 41.4 Å². The number of hydrogen-bond donors (Lipinski definition) is 3. The average molecular weight is 613 g/mol. The van der Waals surface area contributed by atoms with Crippen LogP contribution in [-0.4, -0.2) is 50.5 Å². The third-order valence-electron chi connectivity index (χ3n) is 9.13. The van der Waals surface area contributed by atoms with Gasteiger partial charge in [0.1, 0.15) is 24.2 Å². The molecular formula is C36H32N6O4. The van der Waals surface area contributed by atoms with Gasteiger partial charge < -0.3 is 29.7 Å². The molecule has 1 saturated heterocycles. The van der Waals surface area contributed by atoms with Gasteiger partial charge in [-0.05, 0) is 64.2 Å². The lowest BCUT2D eigenvalue weighted by molar-refractivity contribution is -0.134. The lowest BCUT2D eigenvalue weighted by Gasteiger charge is -2.28. The van der Waals surface area contributed by atoms with Crippen molar-refractivity contribution in [1.29, 1.82) is 0 Å². The fourth-order valence-electron chi connectivity index (χ4n) is 6.86. The summed E-state index contributed by atoms with van der Waals surface area (Å²) in [6.45, 7) is 3.13. The number of aromatic nitrogens is 4. The molecule has 0 aliphatic carbocycles. The van der Waals surface area contributed by atoms with Gasteiger partial charge >= 0.3 is 6.09 Å². The summed E-state index contributed by atoms with van der Waals surface area (Å²) >= 11 is 0. The second-order valence-electron chi connectivity index (χ2n) is 12.1. The summed E-state index contributed by atoms with van der Waals surface area (Å²) in [6.07, 6.45) is 3.64. The summed E-state index contributed by atoms with van der Waals surface area (Å²) in [5.74, 6) is 1.63. The Morgan fingerprint density at radius 2 is 1.91 bits per heavy atom. The lowest BCUT2D eigenvalue weighted by atomic mass is 9.92. The molecule has 230 valence electrons. The maximum atomic E-state index is 14.0. The van der Waals surface area contributed by atoms with Gasteiger partial charge in [0, 0.05) is 17.5 Å². The molecule has 3 atom stereocenters. The van der Waals surface area contributed by atoms with Crippen LogP contribution in [-0.2, 0) is 16.1 Å². The molecule has 2 amide bonds. The first kappa shape index (κ1) is 27.9. The molecule has 0 saturated carbocycles. The first-order valence-electron chi connectivity index (χ1n) is 15.4. The number of aromatic amines is 2. The van der Waals surface area contributed by atoms with Crippen molar-refractivity contribution in [3.63, 3.8) is 0 Å². The first-order chi connectivity index (χ1) is 22.5. The predicted octanol–water partition coefficient (Wildman–Crippen LogP) is 6.67. The van der Waals surface area contributed by atoms with Gasteiger partial charge in [0.05, 0.1) is 42.4 Å². The van der Waals surface area contributed by atoms with Crippen LogP contribution in [0.2, 0.25) is 0 Å². The van der Waals surface area contributed by atoms with Crippen molar-refractivity contribution in [1.82, 2.24) is 30.2 Å². The van der Waals surface area contributed by atoms with Gasteiger partial charge in [0.25, 0.3) is 5.91 Å². The highest BCUT2D eigenvalue weighted by molar-refractivity contribution is 6.06. The van der Waals surface area contributed by atoms with E-state index in [-0.39, 0.29) is 17.9 Å². The number of nitrogens with zero attached hydrogens (tertiary/aromatic N) is 3. The number of carbonyl (C=O) groups is 2. The molecule has 10 heteroatoms. The molecule has 6 aromatic rings. The monoisotopic (exact) mass is 612 g/mol. The zero-order valence-electron chi connectivity index (χ0n) is 25.4. The third kappa shape index (κ3) is 4.73. The predicted molar refractivity (Wildman–Crippen MR) is 174 cm³/mol. The molecule has 3 N–H and O–H groups in total. The molecule has 0 bridgehead atoms. The molecular weight excluding hydrogens is 580 g/mol. The molecule has 4 aromatic carbocycles. The van der Waals surface area contributed by atoms with Gasteiger partial charge in [-0.2, -0.15) is 0 Å². The molecule has 0 unspecified atom stereocenters. The van der Waals surface area contributed by atoms with Gasteiger partial charge in [-0.3, -0.25) is 4.79 Å². The largest absolute Gasteiger partial charge is 0.488 e. The van der Waals surface area contributed by atoms with Crippen molar-refractivity contribution in [3.8, 4) is 28.1 Å². The van der Waals surface area contributed by atoms with Crippen LogP contribution in [0.15, 0.2) is 85.3 Å². The third-order valence-corrected chi connectivity index (χ3v) is 9.13. The number of rotatable bonds is 5. The number of amides is 2. The van der Waals surface area contributed by atoms with Crippen LogP contribution in [0.25, 0.3) is 44.2 Å². The average Bonchev–Trinajstić information content (AvgIpc) is 3.86. The van der Waals surface area contributed by atoms with E-state index in [2.05, 4.69) is 69.7 Å². The molecule has 2 aliphatic heterocycles. The fraction of sp³-hybridized carbons (Fsp3) is 0.222. The molecule has 8 rings (SSSR count). The van der Waals surface area contributed by atoms with Crippen molar-refractivity contribution in [3.05, 3.63) is 102 Å². The Hall–Kier alpha value is -5.64. The molecule has 10 nitrogen and oxygen atoms in total. The van der Waals surface area contributed by atoms with Gasteiger partial charge in [0.2, 0.25) is 0 Å². The van der Waals surface area contributed by atoms with Gasteiger partial charge in [-0.25, -0.2) is 14.8 Å². The molecule has 4 heterocycles. The second kappa shape index (κ2) is 11.1. The molecule has 46 heavy (non-hydrogen) atoms. The Morgan fingerprint density at radius 3 is 2.76 bits per heavy atom. The van der Waals surface area contributed by atoms with Crippen LogP contribution in [0.5, 0.6) is 5.75 Å². The van der Waals surface area contributed by atoms with E-state index in [0.717, 1.165) is 61.9 Å². The Labute approximate surface area is 264 Å². The van der Waals surface area contributed by atoms with Crippen molar-refractivity contribution < 1.29 is 19.1 Å². The van der Waals surface area contributed by atoms with Crippen molar-refractivity contribution in [2.45, 2.75) is 32.0 Å². The van der Waals surface area contributed by atoms with Crippen LogP contribution in [0, 0.1) is 5.92 Å². The summed E-state index contributed by atoms with van der Waals surface area (Å²) in [6, 6.07) is 22.9. The maximum Gasteiger partial charge on any atom is 0.407 e. The number of benzene rings is 4. The van der Waals surface area contributed by atoms with Crippen LogP contribution >= 0.6 is 0 Å². The van der Waals surface area contributed by atoms with E-state index < -0.39 is 12.1 Å². The number of carbonyl (C=O) groups excluding carboxylic acids is 2. The number of imidazole rings is 2. The standard InChI is InChI=1S/C36H32N6O4/c1-20-12-30(42(17-20)35(43)32(41-36(44)45-2)21-6-4-3-5-7-21)34-37-16-29(40-34)23-8-10-25-24(13-23)18-46-31-15-26-22(14-27(25)31)9-11-28-33(26)39-19-38-28/h3-11,13-16,19-20,30,32H,12,17-18H2,1-2H3,(H,37,40)(H,38,39)(H,41,44)/t20-,30-,32+/m0/s1. The summed E-state index contributed by atoms with van der Waals surface area (Å²) in [5, 5.41) is 4.90. The van der Waals surface area contributed by atoms with Crippen LogP contribution < -0.4 is 10.1 Å². The topological polar surface area (TPSA) is 125 Å². The van der Waals surface area contributed by atoms with E-state index in [4.69, 9.17) is 14.5 Å². The summed E-state index contributed by atoms with van der Waals surface area (Å²) in [5.41, 5.74) is 7.77. The number of nitrogens with one attached hydrogen (secondary N) is 3. The summed E-state index contributed by atoms with van der Waals surface area (Å²) in [7, 11) is 1.29. The van der Waals surface area contributed by atoms with Crippen LogP contribution in [0.4, 0.5) is 4.79 Å². The van der Waals surface area contributed by atoms with Crippen molar-refractivity contribution >= 4 is 33.8 Å². The zero-order chi connectivity index (χ0) is 31.4. The van der Waals surface area contributed by atoms with E-state index >= 15 is 0 Å². The van der Waals surface area contributed by atoms with Crippen LogP contribution in [0.1, 0.15) is 42.4 Å². The molecule has 1 fully saturated rings. The quantitative estimate of drug-likeness (QED) is 0.200. The van der Waals surface area contributed by atoms with Crippen LogP contribution in [0.3, 0.4) is 0 Å². The Kier molecular flexibility index (Phi) is 6.70. The van der Waals surface area contributed by atoms with Gasteiger partial charge in [0.15, 0.2) is 0 Å². The SMILES string of the molecule is COC(=O)N[C@@H](C(=O)N1C[C@@H](C)C[C@H]1c1ncc(-c2ccc3c(c2)COc2cc4c(ccc5[nH]cnc54)cc2-3)[nH]1)c1ccccc1. The minimum Gasteiger partial charge on any atom is -0.488 e. The van der Waals surface area contributed by atoms with Crippen molar-refractivity contribution in [2.75, 3.05) is 13.7 Å². The van der Waals surface area contributed by atoms with Gasteiger partial charge in [-0.1, -0.05) is 55.5 Å². The molecule has 0 radical (unpaired) electrons. The lowest BCUT2D eigenvalue weighted by Crippen LogP contribution is -2.43. The smallest absolute Gasteiger partial charge is 0.407 e. The number of H-pyrrole nitrogens is 2. The Balaban J connectivity index is 1.08. The molecule has 2 aliphatic rings. The maximum absolute atomic E-state index is 14.0. The summed E-state index contributed by atoms with van der Waals surface area (Å²) < 4.78 is 11.1.